The zero-order valence-electron chi connectivity index (χ0n) is 8.01. The summed E-state index contributed by atoms with van der Waals surface area (Å²) < 4.78 is 39.1. The molecule has 1 saturated heterocycles. The van der Waals surface area contributed by atoms with Gasteiger partial charge in [-0.15, -0.1) is 0 Å². The zero-order chi connectivity index (χ0) is 11.9. The van der Waals surface area contributed by atoms with Gasteiger partial charge in [-0.2, -0.15) is 0 Å². The van der Waals surface area contributed by atoms with Gasteiger partial charge in [-0.05, 0) is 40.8 Å². The van der Waals surface area contributed by atoms with E-state index < -0.39 is 30.7 Å². The molecule has 1 aliphatic rings. The van der Waals surface area contributed by atoms with Crippen LogP contribution in [0.2, 0.25) is 0 Å². The molecule has 1 aromatic rings. The van der Waals surface area contributed by atoms with Crippen LogP contribution in [0, 0.1) is 9.39 Å². The summed E-state index contributed by atoms with van der Waals surface area (Å²) in [7, 11) is 0. The molecule has 0 spiro atoms. The van der Waals surface area contributed by atoms with Gasteiger partial charge in [0.25, 0.3) is 11.8 Å². The molecule has 16 heavy (non-hydrogen) atoms. The molecule has 1 heterocycles. The van der Waals surface area contributed by atoms with Crippen molar-refractivity contribution in [1.82, 2.24) is 4.90 Å². The maximum absolute atomic E-state index is 13.4. The van der Waals surface area contributed by atoms with E-state index in [1.807, 2.05) is 22.6 Å². The molecule has 0 aromatic heterocycles. The molecule has 1 aliphatic heterocycles. The van der Waals surface area contributed by atoms with Crippen LogP contribution in [-0.4, -0.2) is 29.8 Å². The molecular formula is C10H7F3INO. The second kappa shape index (κ2) is 3.90. The van der Waals surface area contributed by atoms with Crippen LogP contribution in [0.15, 0.2) is 18.2 Å². The second-order valence-electron chi connectivity index (χ2n) is 3.64. The number of halogens is 4. The number of carbonyl (C=O) groups is 1. The quantitative estimate of drug-likeness (QED) is 0.719. The molecule has 1 aromatic carbocycles. The van der Waals surface area contributed by atoms with Crippen LogP contribution in [0.1, 0.15) is 10.4 Å². The van der Waals surface area contributed by atoms with Crippen molar-refractivity contribution in [3.63, 3.8) is 0 Å². The van der Waals surface area contributed by atoms with E-state index in [0.717, 1.165) is 4.90 Å². The fourth-order valence-electron chi connectivity index (χ4n) is 1.49. The Labute approximate surface area is 104 Å². The van der Waals surface area contributed by atoms with E-state index in [4.69, 9.17) is 0 Å². The molecule has 0 saturated carbocycles. The van der Waals surface area contributed by atoms with Crippen LogP contribution >= 0.6 is 22.6 Å². The Morgan fingerprint density at radius 2 is 2.00 bits per heavy atom. The Bertz CT molecular complexity index is 442. The van der Waals surface area contributed by atoms with E-state index in [2.05, 4.69) is 0 Å². The average molecular weight is 341 g/mol. The molecule has 2 rings (SSSR count). The third-order valence-electron chi connectivity index (χ3n) is 2.29. The van der Waals surface area contributed by atoms with Gasteiger partial charge in [-0.25, -0.2) is 13.2 Å². The Morgan fingerprint density at radius 3 is 2.50 bits per heavy atom. The van der Waals surface area contributed by atoms with E-state index in [1.54, 1.807) is 6.07 Å². The highest BCUT2D eigenvalue weighted by Gasteiger charge is 2.46. The second-order valence-corrected chi connectivity index (χ2v) is 4.89. The molecule has 0 N–H and O–H groups in total. The van der Waals surface area contributed by atoms with E-state index in [-0.39, 0.29) is 5.56 Å². The molecule has 2 nitrogen and oxygen atoms in total. The predicted molar refractivity (Wildman–Crippen MR) is 60.0 cm³/mol. The van der Waals surface area contributed by atoms with Crippen LogP contribution in [0.5, 0.6) is 0 Å². The van der Waals surface area contributed by atoms with Gasteiger partial charge in [-0.1, -0.05) is 0 Å². The first-order valence-electron chi connectivity index (χ1n) is 4.51. The fraction of sp³-hybridized carbons (Fsp3) is 0.300. The van der Waals surface area contributed by atoms with Crippen molar-refractivity contribution in [1.29, 1.82) is 0 Å². The Balaban J connectivity index is 2.16. The van der Waals surface area contributed by atoms with Gasteiger partial charge in [0.15, 0.2) is 0 Å². The largest absolute Gasteiger partial charge is 0.326 e. The van der Waals surface area contributed by atoms with E-state index in [9.17, 15) is 18.0 Å². The van der Waals surface area contributed by atoms with Crippen molar-refractivity contribution in [2.24, 2.45) is 0 Å². The van der Waals surface area contributed by atoms with E-state index >= 15 is 0 Å². The van der Waals surface area contributed by atoms with Gasteiger partial charge in [0.2, 0.25) is 0 Å². The van der Waals surface area contributed by atoms with Gasteiger partial charge >= 0.3 is 0 Å². The lowest BCUT2D eigenvalue weighted by atomic mass is 10.1. The minimum absolute atomic E-state index is 0.157. The molecule has 0 bridgehead atoms. The normalized spacial score (nSPS) is 18.1. The summed E-state index contributed by atoms with van der Waals surface area (Å²) in [5, 5.41) is 0. The third-order valence-corrected chi connectivity index (χ3v) is 2.96. The number of likely N-dealkylation sites (tertiary alicyclic amines) is 1. The van der Waals surface area contributed by atoms with Crippen LogP contribution < -0.4 is 0 Å². The topological polar surface area (TPSA) is 20.3 Å². The Kier molecular flexibility index (Phi) is 2.85. The Morgan fingerprint density at radius 1 is 1.38 bits per heavy atom. The monoisotopic (exact) mass is 341 g/mol. The lowest BCUT2D eigenvalue weighted by molar-refractivity contribution is -0.113. The highest BCUT2D eigenvalue weighted by molar-refractivity contribution is 14.1. The van der Waals surface area contributed by atoms with Gasteiger partial charge in [-0.3, -0.25) is 4.79 Å². The smallest absolute Gasteiger partial charge is 0.282 e. The third kappa shape index (κ3) is 2.16. The van der Waals surface area contributed by atoms with Gasteiger partial charge in [0, 0.05) is 3.57 Å². The summed E-state index contributed by atoms with van der Waals surface area (Å²) in [6, 6.07) is 4.08. The summed E-state index contributed by atoms with van der Waals surface area (Å²) in [6.07, 6.45) is 0. The first-order valence-corrected chi connectivity index (χ1v) is 5.59. The first kappa shape index (κ1) is 11.7. The number of hydrogen-bond acceptors (Lipinski definition) is 1. The molecule has 0 radical (unpaired) electrons. The summed E-state index contributed by atoms with van der Waals surface area (Å²) >= 11 is 1.91. The molecular weight excluding hydrogens is 334 g/mol. The lowest BCUT2D eigenvalue weighted by Crippen LogP contribution is -2.58. The maximum Gasteiger partial charge on any atom is 0.282 e. The minimum Gasteiger partial charge on any atom is -0.326 e. The summed E-state index contributed by atoms with van der Waals surface area (Å²) in [5.41, 5.74) is -0.157. The van der Waals surface area contributed by atoms with Gasteiger partial charge < -0.3 is 4.90 Å². The average Bonchev–Trinajstić information content (AvgIpc) is 2.13. The summed E-state index contributed by atoms with van der Waals surface area (Å²) in [6.45, 7) is -1.26. The number of carbonyl (C=O) groups excluding carboxylic acids is 1. The van der Waals surface area contributed by atoms with Crippen LogP contribution in [0.4, 0.5) is 13.2 Å². The Hall–Kier alpha value is -0.790. The van der Waals surface area contributed by atoms with Gasteiger partial charge in [0.1, 0.15) is 5.82 Å². The number of amides is 1. The molecule has 1 fully saturated rings. The molecule has 86 valence electrons. The van der Waals surface area contributed by atoms with Crippen LogP contribution in [0.25, 0.3) is 0 Å². The molecule has 6 heteroatoms. The molecule has 0 aliphatic carbocycles. The molecule has 0 unspecified atom stereocenters. The van der Waals surface area contributed by atoms with Crippen molar-refractivity contribution in [3.05, 3.63) is 33.1 Å². The van der Waals surface area contributed by atoms with Crippen molar-refractivity contribution in [3.8, 4) is 0 Å². The van der Waals surface area contributed by atoms with Gasteiger partial charge in [0.05, 0.1) is 18.7 Å². The SMILES string of the molecule is O=C(c1ccc(I)cc1F)N1CC(F)(F)C1. The molecule has 1 amide bonds. The number of alkyl halides is 2. The number of benzene rings is 1. The maximum atomic E-state index is 13.4. The van der Waals surface area contributed by atoms with Crippen molar-refractivity contribution < 1.29 is 18.0 Å². The van der Waals surface area contributed by atoms with Crippen molar-refractivity contribution >= 4 is 28.5 Å². The van der Waals surface area contributed by atoms with Crippen molar-refractivity contribution in [2.45, 2.75) is 5.92 Å². The van der Waals surface area contributed by atoms with Crippen LogP contribution in [-0.2, 0) is 0 Å². The summed E-state index contributed by atoms with van der Waals surface area (Å²) in [4.78, 5) is 12.5. The fourth-order valence-corrected chi connectivity index (χ4v) is 1.94. The number of rotatable bonds is 1. The molecule has 0 atom stereocenters. The number of hydrogen-bond donors (Lipinski definition) is 0. The zero-order valence-corrected chi connectivity index (χ0v) is 10.2. The van der Waals surface area contributed by atoms with Crippen molar-refractivity contribution in [2.75, 3.05) is 13.1 Å². The highest BCUT2D eigenvalue weighted by atomic mass is 127. The highest BCUT2D eigenvalue weighted by Crippen LogP contribution is 2.28. The van der Waals surface area contributed by atoms with E-state index in [1.165, 1.54) is 12.1 Å². The lowest BCUT2D eigenvalue weighted by Gasteiger charge is -2.38. The standard InChI is InChI=1S/C10H7F3INO/c11-8-3-6(14)1-2-7(8)9(16)15-4-10(12,13)5-15/h1-3H,4-5H2. The summed E-state index contributed by atoms with van der Waals surface area (Å²) in [5.74, 6) is -4.18. The van der Waals surface area contributed by atoms with Crippen LogP contribution in [0.3, 0.4) is 0 Å². The minimum atomic E-state index is -2.82. The van der Waals surface area contributed by atoms with E-state index in [0.29, 0.717) is 3.57 Å². The predicted octanol–water partition coefficient (Wildman–Crippen LogP) is 2.52. The number of nitrogens with zero attached hydrogens (tertiary/aromatic N) is 1. The first-order chi connectivity index (χ1) is 7.39.